The van der Waals surface area contributed by atoms with Crippen molar-refractivity contribution < 1.29 is 14.5 Å². The molecular weight excluding hydrogens is 386 g/mol. The first-order valence-electron chi connectivity index (χ1n) is 9.02. The van der Waals surface area contributed by atoms with Gasteiger partial charge in [0.25, 0.3) is 11.2 Å². The van der Waals surface area contributed by atoms with E-state index in [1.165, 1.54) is 28.9 Å². The van der Waals surface area contributed by atoms with Gasteiger partial charge >= 0.3 is 5.97 Å². The Morgan fingerprint density at radius 3 is 2.23 bits per heavy atom. The topological polar surface area (TPSA) is 104 Å². The molecule has 0 saturated heterocycles. The highest BCUT2D eigenvalue weighted by Crippen LogP contribution is 2.17. The SMILES string of the molecule is O=C(OCc1ccc([N+](=O)[O-])cc1)c1nn(-c2ccccc2)c(=O)c2ccccc12. The van der Waals surface area contributed by atoms with Gasteiger partial charge in [0.05, 0.1) is 16.0 Å². The first-order valence-corrected chi connectivity index (χ1v) is 9.02. The molecule has 8 heteroatoms. The molecule has 1 heterocycles. The number of para-hydroxylation sites is 1. The molecule has 0 amide bonds. The van der Waals surface area contributed by atoms with Crippen molar-refractivity contribution in [2.24, 2.45) is 0 Å². The van der Waals surface area contributed by atoms with Crippen LogP contribution in [0.1, 0.15) is 16.1 Å². The van der Waals surface area contributed by atoms with Crippen LogP contribution in [0.15, 0.2) is 83.7 Å². The molecule has 1 aromatic heterocycles. The lowest BCUT2D eigenvalue weighted by Gasteiger charge is -2.11. The standard InChI is InChI=1S/C22H15N3O5/c26-21-19-9-5-4-8-18(19)20(23-24(21)16-6-2-1-3-7-16)22(27)30-14-15-10-12-17(13-11-15)25(28)29/h1-13H,14H2. The van der Waals surface area contributed by atoms with Gasteiger partial charge < -0.3 is 4.74 Å². The smallest absolute Gasteiger partial charge is 0.359 e. The van der Waals surface area contributed by atoms with Crippen molar-refractivity contribution in [3.05, 3.63) is 111 Å². The summed E-state index contributed by atoms with van der Waals surface area (Å²) in [5, 5.41) is 15.7. The van der Waals surface area contributed by atoms with E-state index in [1.54, 1.807) is 48.5 Å². The van der Waals surface area contributed by atoms with Crippen LogP contribution in [0.5, 0.6) is 0 Å². The van der Waals surface area contributed by atoms with Gasteiger partial charge in [-0.2, -0.15) is 9.78 Å². The number of ether oxygens (including phenoxy) is 1. The summed E-state index contributed by atoms with van der Waals surface area (Å²) in [5.41, 5.74) is 0.736. The fourth-order valence-electron chi connectivity index (χ4n) is 3.02. The lowest BCUT2D eigenvalue weighted by molar-refractivity contribution is -0.384. The summed E-state index contributed by atoms with van der Waals surface area (Å²) in [7, 11) is 0. The molecule has 4 rings (SSSR count). The quantitative estimate of drug-likeness (QED) is 0.287. The second kappa shape index (κ2) is 7.96. The maximum absolute atomic E-state index is 12.9. The van der Waals surface area contributed by atoms with Gasteiger partial charge in [-0.05, 0) is 35.9 Å². The Balaban J connectivity index is 1.69. The number of benzene rings is 3. The molecule has 0 spiro atoms. The third kappa shape index (κ3) is 3.66. The molecular formula is C22H15N3O5. The number of nitro groups is 1. The maximum Gasteiger partial charge on any atom is 0.359 e. The Kier molecular flexibility index (Phi) is 5.04. The highest BCUT2D eigenvalue weighted by molar-refractivity contribution is 6.02. The number of esters is 1. The number of rotatable bonds is 5. The number of nitrogens with zero attached hydrogens (tertiary/aromatic N) is 3. The summed E-state index contributed by atoms with van der Waals surface area (Å²) in [5.74, 6) is -0.700. The predicted octanol–water partition coefficient (Wildman–Crippen LogP) is 3.65. The Hall–Kier alpha value is -4.33. The number of fused-ring (bicyclic) bond motifs is 1. The third-order valence-corrected chi connectivity index (χ3v) is 4.52. The van der Waals surface area contributed by atoms with Crippen LogP contribution >= 0.6 is 0 Å². The number of carbonyl (C=O) groups excluding carboxylic acids is 1. The highest BCUT2D eigenvalue weighted by atomic mass is 16.6. The van der Waals surface area contributed by atoms with Gasteiger partial charge in [-0.1, -0.05) is 36.4 Å². The predicted molar refractivity (Wildman–Crippen MR) is 110 cm³/mol. The van der Waals surface area contributed by atoms with Crippen LogP contribution in [0.3, 0.4) is 0 Å². The molecule has 0 N–H and O–H groups in total. The minimum Gasteiger partial charge on any atom is -0.456 e. The summed E-state index contributed by atoms with van der Waals surface area (Å²) in [6, 6.07) is 21.2. The van der Waals surface area contributed by atoms with Crippen molar-refractivity contribution in [3.8, 4) is 5.69 Å². The molecule has 0 aliphatic carbocycles. The van der Waals surface area contributed by atoms with E-state index in [-0.39, 0.29) is 23.5 Å². The second-order valence-corrected chi connectivity index (χ2v) is 6.45. The average Bonchev–Trinajstić information content (AvgIpc) is 2.79. The van der Waals surface area contributed by atoms with Crippen LogP contribution in [0, 0.1) is 10.1 Å². The van der Waals surface area contributed by atoms with Crippen molar-refractivity contribution >= 4 is 22.4 Å². The summed E-state index contributed by atoms with van der Waals surface area (Å²) in [6.45, 7) is -0.0860. The molecule has 148 valence electrons. The van der Waals surface area contributed by atoms with E-state index in [0.29, 0.717) is 22.0 Å². The van der Waals surface area contributed by atoms with Crippen LogP contribution in [-0.4, -0.2) is 20.7 Å². The van der Waals surface area contributed by atoms with Crippen LogP contribution in [0.25, 0.3) is 16.5 Å². The minimum absolute atomic E-state index is 0.0102. The van der Waals surface area contributed by atoms with E-state index in [4.69, 9.17) is 4.74 Å². The molecule has 8 nitrogen and oxygen atoms in total. The van der Waals surface area contributed by atoms with Gasteiger partial charge in [-0.3, -0.25) is 14.9 Å². The second-order valence-electron chi connectivity index (χ2n) is 6.45. The monoisotopic (exact) mass is 401 g/mol. The van der Waals surface area contributed by atoms with Crippen LogP contribution in [0.4, 0.5) is 5.69 Å². The average molecular weight is 401 g/mol. The summed E-state index contributed by atoms with van der Waals surface area (Å²) in [4.78, 5) is 35.9. The Morgan fingerprint density at radius 1 is 0.933 bits per heavy atom. The van der Waals surface area contributed by atoms with Crippen molar-refractivity contribution in [1.82, 2.24) is 9.78 Å². The lowest BCUT2D eigenvalue weighted by Crippen LogP contribution is -2.25. The zero-order valence-corrected chi connectivity index (χ0v) is 15.6. The van der Waals surface area contributed by atoms with Gasteiger partial charge in [0.1, 0.15) is 6.61 Å². The van der Waals surface area contributed by atoms with E-state index < -0.39 is 10.9 Å². The molecule has 0 fully saturated rings. The minimum atomic E-state index is -0.700. The molecule has 0 aliphatic heterocycles. The molecule has 0 aliphatic rings. The number of nitro benzene ring substituents is 1. The van der Waals surface area contributed by atoms with E-state index in [1.807, 2.05) is 6.07 Å². The van der Waals surface area contributed by atoms with Gasteiger partial charge in [0, 0.05) is 17.5 Å². The lowest BCUT2D eigenvalue weighted by atomic mass is 10.1. The van der Waals surface area contributed by atoms with Gasteiger partial charge in [-0.15, -0.1) is 0 Å². The molecule has 3 aromatic carbocycles. The molecule has 30 heavy (non-hydrogen) atoms. The molecule has 0 radical (unpaired) electrons. The largest absolute Gasteiger partial charge is 0.456 e. The van der Waals surface area contributed by atoms with Gasteiger partial charge in [0.2, 0.25) is 0 Å². The third-order valence-electron chi connectivity index (χ3n) is 4.52. The Labute approximate surface area is 170 Å². The van der Waals surface area contributed by atoms with E-state index in [2.05, 4.69) is 5.10 Å². The fourth-order valence-corrected chi connectivity index (χ4v) is 3.02. The normalized spacial score (nSPS) is 10.7. The summed E-state index contributed by atoms with van der Waals surface area (Å²) in [6.07, 6.45) is 0. The van der Waals surface area contributed by atoms with Crippen molar-refractivity contribution in [2.75, 3.05) is 0 Å². The van der Waals surface area contributed by atoms with E-state index >= 15 is 0 Å². The molecule has 0 saturated carbocycles. The maximum atomic E-state index is 12.9. The van der Waals surface area contributed by atoms with Crippen LogP contribution in [-0.2, 0) is 11.3 Å². The first-order chi connectivity index (χ1) is 14.5. The molecule has 0 unspecified atom stereocenters. The number of non-ortho nitro benzene ring substituents is 1. The highest BCUT2D eigenvalue weighted by Gasteiger charge is 2.19. The number of aromatic nitrogens is 2. The number of carbonyl (C=O) groups is 1. The number of hydrogen-bond donors (Lipinski definition) is 0. The fraction of sp³-hybridized carbons (Fsp3) is 0.0455. The van der Waals surface area contributed by atoms with Crippen LogP contribution in [0.2, 0.25) is 0 Å². The Morgan fingerprint density at radius 2 is 1.57 bits per heavy atom. The van der Waals surface area contributed by atoms with Crippen LogP contribution < -0.4 is 5.56 Å². The molecule has 0 bridgehead atoms. The van der Waals surface area contributed by atoms with Crippen molar-refractivity contribution in [3.63, 3.8) is 0 Å². The van der Waals surface area contributed by atoms with Gasteiger partial charge in [-0.25, -0.2) is 4.79 Å². The Bertz CT molecular complexity index is 1300. The summed E-state index contributed by atoms with van der Waals surface area (Å²) < 4.78 is 6.54. The zero-order valence-electron chi connectivity index (χ0n) is 15.6. The number of hydrogen-bond acceptors (Lipinski definition) is 6. The molecule has 0 atom stereocenters. The summed E-state index contributed by atoms with van der Waals surface area (Å²) >= 11 is 0. The zero-order chi connectivity index (χ0) is 21.1. The first kappa shape index (κ1) is 19.0. The van der Waals surface area contributed by atoms with Crippen molar-refractivity contribution in [1.29, 1.82) is 0 Å². The van der Waals surface area contributed by atoms with Crippen molar-refractivity contribution in [2.45, 2.75) is 6.61 Å². The van der Waals surface area contributed by atoms with E-state index in [0.717, 1.165) is 0 Å². The van der Waals surface area contributed by atoms with Gasteiger partial charge in [0.15, 0.2) is 5.69 Å². The molecule has 4 aromatic rings. The van der Waals surface area contributed by atoms with E-state index in [9.17, 15) is 19.7 Å².